The summed E-state index contributed by atoms with van der Waals surface area (Å²) in [6.07, 6.45) is 0. The third kappa shape index (κ3) is 1.83. The van der Waals surface area contributed by atoms with Crippen molar-refractivity contribution < 1.29 is 5.11 Å². The van der Waals surface area contributed by atoms with Gasteiger partial charge in [-0.15, -0.1) is 0 Å². The van der Waals surface area contributed by atoms with Gasteiger partial charge in [0.1, 0.15) is 6.61 Å². The van der Waals surface area contributed by atoms with Crippen LogP contribution in [-0.2, 0) is 11.7 Å². The van der Waals surface area contributed by atoms with Gasteiger partial charge in [-0.05, 0) is 22.8 Å². The normalized spacial score (nSPS) is 10.1. The first-order chi connectivity index (χ1) is 6.90. The highest BCUT2D eigenvalue weighted by molar-refractivity contribution is 5.63. The Morgan fingerprint density at radius 1 is 0.786 bits per heavy atom. The molecule has 0 fully saturated rings. The molecule has 2 aromatic carbocycles. The molecule has 2 rings (SSSR count). The van der Waals surface area contributed by atoms with Crippen molar-refractivity contribution in [1.82, 2.24) is 0 Å². The third-order valence-electron chi connectivity index (χ3n) is 2.20. The summed E-state index contributed by atoms with van der Waals surface area (Å²) in [5.74, 6) is 0. The van der Waals surface area contributed by atoms with Gasteiger partial charge in [0.25, 0.3) is 0 Å². The summed E-state index contributed by atoms with van der Waals surface area (Å²) >= 11 is 0. The molecule has 1 heteroatoms. The Hall–Kier alpha value is -1.60. The molecule has 0 aliphatic rings. The molecule has 0 amide bonds. The first kappa shape index (κ1) is 8.97. The maximum atomic E-state index is 10.7. The molecule has 0 spiro atoms. The largest absolute Gasteiger partial charge is 0.232 e. The summed E-state index contributed by atoms with van der Waals surface area (Å²) in [6, 6.07) is 17.8. The van der Waals surface area contributed by atoms with Crippen molar-refractivity contribution in [1.29, 1.82) is 0 Å². The van der Waals surface area contributed by atoms with Gasteiger partial charge in [0, 0.05) is 0 Å². The first-order valence-electron chi connectivity index (χ1n) is 4.62. The summed E-state index contributed by atoms with van der Waals surface area (Å²) in [4.78, 5) is 0. The monoisotopic (exact) mass is 183 g/mol. The van der Waals surface area contributed by atoms with Crippen molar-refractivity contribution >= 4 is 0 Å². The second kappa shape index (κ2) is 4.07. The molecule has 0 atom stereocenters. The zero-order valence-corrected chi connectivity index (χ0v) is 7.81. The van der Waals surface area contributed by atoms with Crippen molar-refractivity contribution in [2.24, 2.45) is 0 Å². The fraction of sp³-hybridized carbons (Fsp3) is 0.0769. The number of hydrogen-bond acceptors (Lipinski definition) is 0. The molecular formula is C13H11O. The Morgan fingerprint density at radius 2 is 1.50 bits per heavy atom. The zero-order valence-electron chi connectivity index (χ0n) is 7.81. The zero-order chi connectivity index (χ0) is 9.80. The molecule has 1 radical (unpaired) electrons. The van der Waals surface area contributed by atoms with Crippen molar-refractivity contribution in [2.75, 3.05) is 0 Å². The summed E-state index contributed by atoms with van der Waals surface area (Å²) in [5, 5.41) is 10.7. The van der Waals surface area contributed by atoms with Crippen LogP contribution in [0.5, 0.6) is 0 Å². The minimum Gasteiger partial charge on any atom is -0.232 e. The molecule has 0 unspecified atom stereocenters. The Balaban J connectivity index is 2.42. The van der Waals surface area contributed by atoms with Crippen LogP contribution in [-0.4, -0.2) is 0 Å². The lowest BCUT2D eigenvalue weighted by molar-refractivity contribution is 0.177. The van der Waals surface area contributed by atoms with Crippen LogP contribution in [0.2, 0.25) is 0 Å². The van der Waals surface area contributed by atoms with Crippen molar-refractivity contribution in [3.8, 4) is 11.1 Å². The van der Waals surface area contributed by atoms with Crippen molar-refractivity contribution in [2.45, 2.75) is 6.61 Å². The van der Waals surface area contributed by atoms with Crippen molar-refractivity contribution in [3.63, 3.8) is 0 Å². The van der Waals surface area contributed by atoms with Crippen LogP contribution in [0, 0.1) is 0 Å². The third-order valence-corrected chi connectivity index (χ3v) is 2.20. The molecule has 69 valence electrons. The summed E-state index contributed by atoms with van der Waals surface area (Å²) in [7, 11) is 0. The second-order valence-electron chi connectivity index (χ2n) is 3.21. The fourth-order valence-electron chi connectivity index (χ4n) is 1.47. The van der Waals surface area contributed by atoms with E-state index in [1.165, 1.54) is 0 Å². The SMILES string of the molecule is [O]Cc1cccc(-c2ccccc2)c1. The molecule has 0 saturated heterocycles. The van der Waals surface area contributed by atoms with Gasteiger partial charge in [0.05, 0.1) is 0 Å². The van der Waals surface area contributed by atoms with Gasteiger partial charge in [-0.25, -0.2) is 5.11 Å². The predicted octanol–water partition coefficient (Wildman–Crippen LogP) is 3.28. The van der Waals surface area contributed by atoms with E-state index in [0.717, 1.165) is 16.7 Å². The van der Waals surface area contributed by atoms with Crippen LogP contribution in [0.3, 0.4) is 0 Å². The van der Waals surface area contributed by atoms with E-state index in [4.69, 9.17) is 0 Å². The van der Waals surface area contributed by atoms with Crippen LogP contribution in [0.4, 0.5) is 0 Å². The van der Waals surface area contributed by atoms with Crippen LogP contribution in [0.15, 0.2) is 54.6 Å². The van der Waals surface area contributed by atoms with Gasteiger partial charge >= 0.3 is 0 Å². The molecule has 0 saturated carbocycles. The Labute approximate surface area is 83.6 Å². The number of hydrogen-bond donors (Lipinski definition) is 0. The minimum atomic E-state index is -0.152. The van der Waals surface area contributed by atoms with E-state index in [0.29, 0.717) is 0 Å². The Bertz CT molecular complexity index is 407. The summed E-state index contributed by atoms with van der Waals surface area (Å²) in [6.45, 7) is -0.152. The maximum Gasteiger partial charge on any atom is 0.107 e. The molecule has 0 aliphatic heterocycles. The van der Waals surface area contributed by atoms with E-state index in [1.807, 2.05) is 54.6 Å². The molecule has 1 nitrogen and oxygen atoms in total. The van der Waals surface area contributed by atoms with Crippen LogP contribution < -0.4 is 0 Å². The standard InChI is InChI=1S/C13H11O/c14-10-11-5-4-8-13(9-11)12-6-2-1-3-7-12/h1-9H,10H2. The number of benzene rings is 2. The smallest absolute Gasteiger partial charge is 0.107 e. The van der Waals surface area contributed by atoms with E-state index < -0.39 is 0 Å². The van der Waals surface area contributed by atoms with Gasteiger partial charge in [0.2, 0.25) is 0 Å². The van der Waals surface area contributed by atoms with E-state index >= 15 is 0 Å². The van der Waals surface area contributed by atoms with E-state index in [1.54, 1.807) is 0 Å². The number of rotatable bonds is 2. The predicted molar refractivity (Wildman–Crippen MR) is 56.3 cm³/mol. The summed E-state index contributed by atoms with van der Waals surface area (Å²) in [5.41, 5.74) is 3.10. The van der Waals surface area contributed by atoms with Crippen LogP contribution in [0.1, 0.15) is 5.56 Å². The Morgan fingerprint density at radius 3 is 2.21 bits per heavy atom. The molecule has 0 aromatic heterocycles. The molecule has 0 aliphatic carbocycles. The lowest BCUT2D eigenvalue weighted by Gasteiger charge is -2.02. The topological polar surface area (TPSA) is 19.9 Å². The van der Waals surface area contributed by atoms with E-state index in [-0.39, 0.29) is 6.61 Å². The van der Waals surface area contributed by atoms with Gasteiger partial charge < -0.3 is 0 Å². The minimum absolute atomic E-state index is 0.152. The average molecular weight is 183 g/mol. The molecule has 2 aromatic rings. The van der Waals surface area contributed by atoms with Crippen molar-refractivity contribution in [3.05, 3.63) is 60.2 Å². The first-order valence-corrected chi connectivity index (χ1v) is 4.62. The van der Waals surface area contributed by atoms with E-state index in [9.17, 15) is 5.11 Å². The van der Waals surface area contributed by atoms with Gasteiger partial charge in [0.15, 0.2) is 0 Å². The molecule has 0 bridgehead atoms. The highest BCUT2D eigenvalue weighted by atomic mass is 16.3. The highest BCUT2D eigenvalue weighted by Crippen LogP contribution is 2.19. The molecular weight excluding hydrogens is 172 g/mol. The highest BCUT2D eigenvalue weighted by Gasteiger charge is 1.97. The lowest BCUT2D eigenvalue weighted by atomic mass is 10.0. The fourth-order valence-corrected chi connectivity index (χ4v) is 1.47. The van der Waals surface area contributed by atoms with Gasteiger partial charge in [-0.2, -0.15) is 0 Å². The van der Waals surface area contributed by atoms with Gasteiger partial charge in [-0.1, -0.05) is 48.5 Å². The molecule has 14 heavy (non-hydrogen) atoms. The van der Waals surface area contributed by atoms with E-state index in [2.05, 4.69) is 0 Å². The quantitative estimate of drug-likeness (QED) is 0.681. The molecule has 0 N–H and O–H groups in total. The Kier molecular flexibility index (Phi) is 2.61. The van der Waals surface area contributed by atoms with Crippen LogP contribution >= 0.6 is 0 Å². The van der Waals surface area contributed by atoms with Crippen LogP contribution in [0.25, 0.3) is 11.1 Å². The second-order valence-corrected chi connectivity index (χ2v) is 3.21. The average Bonchev–Trinajstić information content (AvgIpc) is 2.30. The molecule has 0 heterocycles. The maximum absolute atomic E-state index is 10.7. The lowest BCUT2D eigenvalue weighted by Crippen LogP contribution is -1.82. The summed E-state index contributed by atoms with van der Waals surface area (Å²) < 4.78 is 0. The van der Waals surface area contributed by atoms with Gasteiger partial charge in [-0.3, -0.25) is 0 Å².